The third kappa shape index (κ3) is 3.97. The molecule has 1 aromatic heterocycles. The van der Waals surface area contributed by atoms with Crippen LogP contribution in [0, 0.1) is 0 Å². The van der Waals surface area contributed by atoms with Gasteiger partial charge in [-0.25, -0.2) is 0 Å². The number of nitrogens with zero attached hydrogens (tertiary/aromatic N) is 2. The number of carbonyl (C=O) groups is 3. The van der Waals surface area contributed by atoms with Crippen molar-refractivity contribution < 1.29 is 19.1 Å². The van der Waals surface area contributed by atoms with Crippen molar-refractivity contribution in [3.05, 3.63) is 36.5 Å². The third-order valence-corrected chi connectivity index (χ3v) is 4.30. The molecule has 1 aliphatic heterocycles. The molecule has 2 N–H and O–H groups in total. The van der Waals surface area contributed by atoms with Crippen LogP contribution < -0.4 is 10.6 Å². The zero-order chi connectivity index (χ0) is 18.5. The molecule has 1 fully saturated rings. The summed E-state index contributed by atoms with van der Waals surface area (Å²) in [5, 5.41) is 6.42. The van der Waals surface area contributed by atoms with E-state index in [1.165, 1.54) is 7.11 Å². The number of esters is 1. The second-order valence-electron chi connectivity index (χ2n) is 5.98. The highest BCUT2D eigenvalue weighted by Gasteiger charge is 2.33. The van der Waals surface area contributed by atoms with E-state index < -0.39 is 12.0 Å². The van der Waals surface area contributed by atoms with E-state index in [1.54, 1.807) is 23.2 Å². The van der Waals surface area contributed by atoms with Gasteiger partial charge in [0.25, 0.3) is 0 Å². The lowest BCUT2D eigenvalue weighted by Crippen LogP contribution is -2.57. The van der Waals surface area contributed by atoms with E-state index in [1.807, 2.05) is 18.2 Å². The van der Waals surface area contributed by atoms with Crippen LogP contribution in [0.1, 0.15) is 6.42 Å². The molecule has 1 aliphatic rings. The number of hydrogen-bond donors (Lipinski definition) is 2. The zero-order valence-corrected chi connectivity index (χ0v) is 14.4. The highest BCUT2D eigenvalue weighted by molar-refractivity contribution is 6.01. The van der Waals surface area contributed by atoms with Gasteiger partial charge in [-0.2, -0.15) is 0 Å². The normalized spacial score (nSPS) is 17.6. The first kappa shape index (κ1) is 17.8. The summed E-state index contributed by atoms with van der Waals surface area (Å²) in [6.07, 6.45) is 1.60. The first-order valence-corrected chi connectivity index (χ1v) is 8.30. The Morgan fingerprint density at radius 2 is 2.19 bits per heavy atom. The smallest absolute Gasteiger partial charge is 0.307 e. The summed E-state index contributed by atoms with van der Waals surface area (Å²) in [6.45, 7) is 0.922. The Kier molecular flexibility index (Phi) is 5.43. The maximum atomic E-state index is 12.5. The number of rotatable bonds is 5. The number of nitrogens with one attached hydrogen (secondary N) is 2. The molecule has 2 heterocycles. The van der Waals surface area contributed by atoms with Gasteiger partial charge in [0.2, 0.25) is 11.8 Å². The average Bonchev–Trinajstić information content (AvgIpc) is 2.64. The number of hydrogen-bond acceptors (Lipinski definition) is 6. The van der Waals surface area contributed by atoms with Gasteiger partial charge in [0.05, 0.1) is 31.3 Å². The first-order valence-electron chi connectivity index (χ1n) is 8.30. The third-order valence-electron chi connectivity index (χ3n) is 4.30. The van der Waals surface area contributed by atoms with E-state index in [-0.39, 0.29) is 24.8 Å². The first-order chi connectivity index (χ1) is 12.6. The Hall–Kier alpha value is -3.00. The van der Waals surface area contributed by atoms with Gasteiger partial charge in [-0.1, -0.05) is 6.07 Å². The van der Waals surface area contributed by atoms with Gasteiger partial charge in [-0.15, -0.1) is 0 Å². The van der Waals surface area contributed by atoms with E-state index in [2.05, 4.69) is 20.4 Å². The van der Waals surface area contributed by atoms with Crippen LogP contribution in [-0.2, 0) is 19.1 Å². The Bertz CT molecular complexity index is 834. The molecule has 2 amide bonds. The second-order valence-corrected chi connectivity index (χ2v) is 5.98. The highest BCUT2D eigenvalue weighted by Crippen LogP contribution is 2.21. The average molecular weight is 356 g/mol. The molecule has 0 spiro atoms. The van der Waals surface area contributed by atoms with E-state index in [0.29, 0.717) is 18.8 Å². The monoisotopic (exact) mass is 356 g/mol. The van der Waals surface area contributed by atoms with E-state index in [4.69, 9.17) is 0 Å². The summed E-state index contributed by atoms with van der Waals surface area (Å²) in [6, 6.07) is 8.46. The number of benzene rings is 1. The Morgan fingerprint density at radius 1 is 1.35 bits per heavy atom. The molecular formula is C18H20N4O4. The number of pyridine rings is 1. The van der Waals surface area contributed by atoms with Gasteiger partial charge in [-0.3, -0.25) is 24.3 Å². The van der Waals surface area contributed by atoms with Gasteiger partial charge in [0.1, 0.15) is 6.04 Å². The molecule has 26 heavy (non-hydrogen) atoms. The van der Waals surface area contributed by atoms with Crippen molar-refractivity contribution >= 4 is 34.4 Å². The maximum Gasteiger partial charge on any atom is 0.307 e. The molecule has 136 valence electrons. The van der Waals surface area contributed by atoms with Crippen molar-refractivity contribution in [3.63, 3.8) is 0 Å². The fourth-order valence-corrected chi connectivity index (χ4v) is 3.00. The van der Waals surface area contributed by atoms with Gasteiger partial charge < -0.3 is 15.4 Å². The van der Waals surface area contributed by atoms with Gasteiger partial charge in [0.15, 0.2) is 0 Å². The van der Waals surface area contributed by atoms with Crippen LogP contribution in [-0.4, -0.2) is 60.5 Å². The van der Waals surface area contributed by atoms with Crippen molar-refractivity contribution in [2.75, 3.05) is 32.1 Å². The summed E-state index contributed by atoms with van der Waals surface area (Å²) in [7, 11) is 1.27. The van der Waals surface area contributed by atoms with Crippen LogP contribution in [0.5, 0.6) is 0 Å². The number of amides is 2. The number of ether oxygens (including phenoxy) is 1. The molecule has 0 saturated carbocycles. The van der Waals surface area contributed by atoms with Crippen LogP contribution in [0.2, 0.25) is 0 Å². The van der Waals surface area contributed by atoms with Gasteiger partial charge in [0, 0.05) is 24.7 Å². The van der Waals surface area contributed by atoms with Gasteiger partial charge in [-0.05, 0) is 24.3 Å². The summed E-state index contributed by atoms with van der Waals surface area (Å²) in [5.74, 6) is -1.02. The largest absolute Gasteiger partial charge is 0.469 e. The van der Waals surface area contributed by atoms with Crippen LogP contribution in [0.3, 0.4) is 0 Å². The zero-order valence-electron chi connectivity index (χ0n) is 14.4. The van der Waals surface area contributed by atoms with Gasteiger partial charge >= 0.3 is 5.97 Å². The summed E-state index contributed by atoms with van der Waals surface area (Å²) in [5.41, 5.74) is 1.44. The molecule has 1 atom stereocenters. The highest BCUT2D eigenvalue weighted by atomic mass is 16.5. The minimum atomic E-state index is -0.712. The van der Waals surface area contributed by atoms with Crippen LogP contribution in [0.4, 0.5) is 5.69 Å². The molecule has 0 aliphatic carbocycles. The topological polar surface area (TPSA) is 101 Å². The Labute approximate surface area is 150 Å². The number of fused-ring (bicyclic) bond motifs is 1. The standard InChI is InChI=1S/C18H20N4O4/c1-26-17(24)10-15-18(25)20-8-9-22(15)11-16(23)21-14-6-2-5-13-12(14)4-3-7-19-13/h2-7,15H,8-11H2,1H3,(H,20,25)(H,21,23). The fourth-order valence-electron chi connectivity index (χ4n) is 3.00. The minimum absolute atomic E-state index is 0.00569. The molecule has 2 aromatic rings. The molecule has 0 radical (unpaired) electrons. The number of piperazine rings is 1. The summed E-state index contributed by atoms with van der Waals surface area (Å²) in [4.78, 5) is 42.1. The number of aromatic nitrogens is 1. The molecule has 3 rings (SSSR count). The predicted molar refractivity (Wildman–Crippen MR) is 95.4 cm³/mol. The molecule has 1 unspecified atom stereocenters. The predicted octanol–water partition coefficient (Wildman–Crippen LogP) is 0.537. The molecule has 8 heteroatoms. The Balaban J connectivity index is 1.71. The SMILES string of the molecule is COC(=O)CC1C(=O)NCCN1CC(=O)Nc1cccc2ncccc12. The Morgan fingerprint density at radius 3 is 3.00 bits per heavy atom. The lowest BCUT2D eigenvalue weighted by molar-refractivity contribution is -0.146. The molecule has 8 nitrogen and oxygen atoms in total. The van der Waals surface area contributed by atoms with Crippen molar-refractivity contribution in [1.82, 2.24) is 15.2 Å². The lowest BCUT2D eigenvalue weighted by atomic mass is 10.1. The molecule has 1 aromatic carbocycles. The van der Waals surface area contributed by atoms with Crippen molar-refractivity contribution in [3.8, 4) is 0 Å². The molecule has 1 saturated heterocycles. The van der Waals surface area contributed by atoms with E-state index >= 15 is 0 Å². The molecule has 0 bridgehead atoms. The number of anilines is 1. The number of carbonyl (C=O) groups excluding carboxylic acids is 3. The van der Waals surface area contributed by atoms with E-state index in [9.17, 15) is 14.4 Å². The molecular weight excluding hydrogens is 336 g/mol. The van der Waals surface area contributed by atoms with Crippen molar-refractivity contribution in [2.45, 2.75) is 12.5 Å². The van der Waals surface area contributed by atoms with E-state index in [0.717, 1.165) is 10.9 Å². The summed E-state index contributed by atoms with van der Waals surface area (Å²) >= 11 is 0. The summed E-state index contributed by atoms with van der Waals surface area (Å²) < 4.78 is 4.65. The minimum Gasteiger partial charge on any atom is -0.469 e. The van der Waals surface area contributed by atoms with Crippen LogP contribution in [0.25, 0.3) is 10.9 Å². The second kappa shape index (κ2) is 7.92. The van der Waals surface area contributed by atoms with Crippen LogP contribution in [0.15, 0.2) is 36.5 Å². The van der Waals surface area contributed by atoms with Crippen molar-refractivity contribution in [2.24, 2.45) is 0 Å². The quantitative estimate of drug-likeness (QED) is 0.759. The maximum absolute atomic E-state index is 12.5. The van der Waals surface area contributed by atoms with Crippen LogP contribution >= 0.6 is 0 Å². The lowest BCUT2D eigenvalue weighted by Gasteiger charge is -2.33. The van der Waals surface area contributed by atoms with Crippen molar-refractivity contribution in [1.29, 1.82) is 0 Å². The fraction of sp³-hybridized carbons (Fsp3) is 0.333. The number of methoxy groups -OCH3 is 1.